The van der Waals surface area contributed by atoms with Crippen molar-refractivity contribution in [3.05, 3.63) is 42.2 Å². The highest BCUT2D eigenvalue weighted by molar-refractivity contribution is 7.21. The number of aromatic nitrogens is 1. The van der Waals surface area contributed by atoms with Crippen LogP contribution in [0.2, 0.25) is 0 Å². The van der Waals surface area contributed by atoms with Crippen LogP contribution in [0.25, 0.3) is 21.0 Å². The quantitative estimate of drug-likeness (QED) is 0.725. The zero-order valence-electron chi connectivity index (χ0n) is 14.9. The van der Waals surface area contributed by atoms with E-state index in [9.17, 15) is 4.79 Å². The van der Waals surface area contributed by atoms with Crippen LogP contribution in [0.3, 0.4) is 0 Å². The number of nitrogens with one attached hydrogen (secondary N) is 2. The van der Waals surface area contributed by atoms with E-state index in [4.69, 9.17) is 4.42 Å². The Balaban J connectivity index is 1.63. The normalized spacial score (nSPS) is 13.1. The Labute approximate surface area is 151 Å². The molecule has 132 valence electrons. The average molecular weight is 357 g/mol. The number of furan rings is 1. The van der Waals surface area contributed by atoms with Gasteiger partial charge in [0.2, 0.25) is 5.91 Å². The standard InChI is InChI=1S/C19H23N3O2S/c1-12(17(23)22-19(2,3)4)20-11-13-9-10-15(24-13)18-21-14-7-5-6-8-16(14)25-18/h5-10,12,20H,11H2,1-4H3,(H,22,23). The number of amides is 1. The van der Waals surface area contributed by atoms with Gasteiger partial charge in [-0.2, -0.15) is 0 Å². The molecular formula is C19H23N3O2S. The summed E-state index contributed by atoms with van der Waals surface area (Å²) in [5.74, 6) is 1.51. The van der Waals surface area contributed by atoms with Crippen LogP contribution in [0.4, 0.5) is 0 Å². The Morgan fingerprint density at radius 3 is 2.72 bits per heavy atom. The first kappa shape index (κ1) is 17.6. The molecule has 1 aromatic carbocycles. The van der Waals surface area contributed by atoms with Crippen LogP contribution in [0.1, 0.15) is 33.5 Å². The van der Waals surface area contributed by atoms with Gasteiger partial charge < -0.3 is 9.73 Å². The first-order chi connectivity index (χ1) is 11.8. The number of thiazole rings is 1. The number of hydrogen-bond acceptors (Lipinski definition) is 5. The van der Waals surface area contributed by atoms with E-state index in [1.54, 1.807) is 11.3 Å². The van der Waals surface area contributed by atoms with Crippen LogP contribution < -0.4 is 10.6 Å². The van der Waals surface area contributed by atoms with Gasteiger partial charge >= 0.3 is 0 Å². The van der Waals surface area contributed by atoms with Crippen molar-refractivity contribution in [2.45, 2.75) is 45.8 Å². The van der Waals surface area contributed by atoms with E-state index in [2.05, 4.69) is 21.7 Å². The van der Waals surface area contributed by atoms with Crippen LogP contribution in [0.5, 0.6) is 0 Å². The molecule has 1 amide bonds. The zero-order chi connectivity index (χ0) is 18.0. The van der Waals surface area contributed by atoms with Crippen molar-refractivity contribution in [2.75, 3.05) is 0 Å². The van der Waals surface area contributed by atoms with E-state index < -0.39 is 0 Å². The molecule has 1 unspecified atom stereocenters. The summed E-state index contributed by atoms with van der Waals surface area (Å²) in [6.07, 6.45) is 0. The summed E-state index contributed by atoms with van der Waals surface area (Å²) >= 11 is 1.61. The maximum absolute atomic E-state index is 12.1. The molecule has 5 nitrogen and oxygen atoms in total. The summed E-state index contributed by atoms with van der Waals surface area (Å²) in [5.41, 5.74) is 0.739. The lowest BCUT2D eigenvalue weighted by Gasteiger charge is -2.23. The van der Waals surface area contributed by atoms with Crippen LogP contribution >= 0.6 is 11.3 Å². The molecule has 2 heterocycles. The molecule has 25 heavy (non-hydrogen) atoms. The number of carbonyl (C=O) groups is 1. The van der Waals surface area contributed by atoms with E-state index in [1.807, 2.05) is 58.0 Å². The third kappa shape index (κ3) is 4.46. The van der Waals surface area contributed by atoms with Crippen molar-refractivity contribution < 1.29 is 9.21 Å². The average Bonchev–Trinajstić information content (AvgIpc) is 3.17. The zero-order valence-corrected chi connectivity index (χ0v) is 15.7. The van der Waals surface area contributed by atoms with Gasteiger partial charge in [0.1, 0.15) is 5.76 Å². The number of benzene rings is 1. The Morgan fingerprint density at radius 1 is 1.24 bits per heavy atom. The van der Waals surface area contributed by atoms with E-state index in [0.717, 1.165) is 26.7 Å². The summed E-state index contributed by atoms with van der Waals surface area (Å²) in [6, 6.07) is 11.6. The minimum Gasteiger partial charge on any atom is -0.457 e. The Kier molecular flexibility index (Phi) is 4.92. The summed E-state index contributed by atoms with van der Waals surface area (Å²) in [6.45, 7) is 8.24. The monoisotopic (exact) mass is 357 g/mol. The van der Waals surface area contributed by atoms with Crippen LogP contribution in [0, 0.1) is 0 Å². The number of para-hydroxylation sites is 1. The molecule has 0 aliphatic carbocycles. The summed E-state index contributed by atoms with van der Waals surface area (Å²) in [7, 11) is 0. The number of hydrogen-bond donors (Lipinski definition) is 2. The summed E-state index contributed by atoms with van der Waals surface area (Å²) in [4.78, 5) is 16.7. The maximum Gasteiger partial charge on any atom is 0.237 e. The van der Waals surface area contributed by atoms with Gasteiger partial charge in [0.05, 0.1) is 22.8 Å². The smallest absolute Gasteiger partial charge is 0.237 e. The largest absolute Gasteiger partial charge is 0.457 e. The van der Waals surface area contributed by atoms with Gasteiger partial charge in [0.25, 0.3) is 0 Å². The number of carbonyl (C=O) groups excluding carboxylic acids is 1. The molecule has 2 N–H and O–H groups in total. The minimum atomic E-state index is -0.296. The van der Waals surface area contributed by atoms with Crippen molar-refractivity contribution in [1.82, 2.24) is 15.6 Å². The Morgan fingerprint density at radius 2 is 2.00 bits per heavy atom. The molecule has 3 rings (SSSR count). The molecule has 0 spiro atoms. The maximum atomic E-state index is 12.1. The highest BCUT2D eigenvalue weighted by atomic mass is 32.1. The molecule has 0 radical (unpaired) electrons. The van der Waals surface area contributed by atoms with Crippen molar-refractivity contribution in [3.8, 4) is 10.8 Å². The Hall–Kier alpha value is -2.18. The number of rotatable bonds is 5. The molecule has 0 aliphatic heterocycles. The molecule has 2 aromatic heterocycles. The molecule has 0 saturated heterocycles. The highest BCUT2D eigenvalue weighted by Gasteiger charge is 2.19. The third-order valence-corrected chi connectivity index (χ3v) is 4.69. The fourth-order valence-corrected chi connectivity index (χ4v) is 3.32. The molecule has 0 saturated carbocycles. The van der Waals surface area contributed by atoms with E-state index >= 15 is 0 Å². The lowest BCUT2D eigenvalue weighted by Crippen LogP contribution is -2.49. The molecule has 0 aliphatic rings. The van der Waals surface area contributed by atoms with Gasteiger partial charge in [-0.3, -0.25) is 10.1 Å². The molecule has 6 heteroatoms. The number of nitrogens with zero attached hydrogens (tertiary/aromatic N) is 1. The van der Waals surface area contributed by atoms with E-state index in [0.29, 0.717) is 6.54 Å². The van der Waals surface area contributed by atoms with Crippen LogP contribution in [-0.4, -0.2) is 22.5 Å². The van der Waals surface area contributed by atoms with Crippen LogP contribution in [-0.2, 0) is 11.3 Å². The lowest BCUT2D eigenvalue weighted by molar-refractivity contribution is -0.124. The van der Waals surface area contributed by atoms with Crippen molar-refractivity contribution in [3.63, 3.8) is 0 Å². The predicted molar refractivity (Wildman–Crippen MR) is 102 cm³/mol. The minimum absolute atomic E-state index is 0.0227. The Bertz CT molecular complexity index is 843. The number of fused-ring (bicyclic) bond motifs is 1. The highest BCUT2D eigenvalue weighted by Crippen LogP contribution is 2.31. The first-order valence-corrected chi connectivity index (χ1v) is 9.13. The van der Waals surface area contributed by atoms with Crippen LogP contribution in [0.15, 0.2) is 40.8 Å². The predicted octanol–water partition coefficient (Wildman–Crippen LogP) is 3.95. The second-order valence-electron chi connectivity index (χ2n) is 7.09. The summed E-state index contributed by atoms with van der Waals surface area (Å²) in [5, 5.41) is 7.02. The van der Waals surface area contributed by atoms with Gasteiger partial charge in [-0.1, -0.05) is 12.1 Å². The van der Waals surface area contributed by atoms with Crippen molar-refractivity contribution in [2.24, 2.45) is 0 Å². The van der Waals surface area contributed by atoms with Gasteiger partial charge in [-0.25, -0.2) is 4.98 Å². The molecule has 0 bridgehead atoms. The second kappa shape index (κ2) is 6.98. The van der Waals surface area contributed by atoms with Gasteiger partial charge in [0, 0.05) is 5.54 Å². The molecule has 0 fully saturated rings. The van der Waals surface area contributed by atoms with Gasteiger partial charge in [-0.05, 0) is 52.0 Å². The van der Waals surface area contributed by atoms with E-state index in [-0.39, 0.29) is 17.5 Å². The molecule has 3 aromatic rings. The van der Waals surface area contributed by atoms with Crippen molar-refractivity contribution in [1.29, 1.82) is 0 Å². The van der Waals surface area contributed by atoms with Gasteiger partial charge in [-0.15, -0.1) is 11.3 Å². The van der Waals surface area contributed by atoms with E-state index in [1.165, 1.54) is 0 Å². The summed E-state index contributed by atoms with van der Waals surface area (Å²) < 4.78 is 7.02. The topological polar surface area (TPSA) is 67.2 Å². The van der Waals surface area contributed by atoms with Crippen molar-refractivity contribution >= 4 is 27.5 Å². The third-order valence-electron chi connectivity index (χ3n) is 3.64. The van der Waals surface area contributed by atoms with Gasteiger partial charge in [0.15, 0.2) is 10.8 Å². The first-order valence-electron chi connectivity index (χ1n) is 8.32. The fraction of sp³-hybridized carbons (Fsp3) is 0.368. The second-order valence-corrected chi connectivity index (χ2v) is 8.13. The molecular weight excluding hydrogens is 334 g/mol. The SMILES string of the molecule is CC(NCc1ccc(-c2nc3ccccc3s2)o1)C(=O)NC(C)(C)C. The lowest BCUT2D eigenvalue weighted by atomic mass is 10.1. The fourth-order valence-electron chi connectivity index (χ4n) is 2.39. The molecule has 1 atom stereocenters.